The molecular formula is C20H17Cl2N3O4. The largest absolute Gasteiger partial charge is 0.366 e. The summed E-state index contributed by atoms with van der Waals surface area (Å²) in [4.78, 5) is 49.8. The van der Waals surface area contributed by atoms with Gasteiger partial charge in [0, 0.05) is 12.1 Å². The van der Waals surface area contributed by atoms with Crippen molar-refractivity contribution < 1.29 is 19.2 Å². The van der Waals surface area contributed by atoms with E-state index in [1.165, 1.54) is 19.1 Å². The number of benzene rings is 2. The number of carbonyl (C=O) groups excluding carboxylic acids is 4. The molecule has 150 valence electrons. The maximum Gasteiger partial charge on any atom is 0.262 e. The van der Waals surface area contributed by atoms with Gasteiger partial charge in [-0.2, -0.15) is 0 Å². The number of amides is 4. The molecule has 0 fully saturated rings. The molecule has 3 rings (SSSR count). The Morgan fingerprint density at radius 2 is 1.66 bits per heavy atom. The third-order valence-electron chi connectivity index (χ3n) is 4.65. The summed E-state index contributed by atoms with van der Waals surface area (Å²) in [7, 11) is 0. The summed E-state index contributed by atoms with van der Waals surface area (Å²) in [5.74, 6) is -2.21. The number of imide groups is 1. The second-order valence-corrected chi connectivity index (χ2v) is 7.39. The van der Waals surface area contributed by atoms with Crippen LogP contribution in [0.1, 0.15) is 43.6 Å². The van der Waals surface area contributed by atoms with E-state index in [2.05, 4.69) is 5.32 Å². The van der Waals surface area contributed by atoms with Gasteiger partial charge in [-0.1, -0.05) is 35.3 Å². The van der Waals surface area contributed by atoms with Gasteiger partial charge >= 0.3 is 0 Å². The predicted molar refractivity (Wildman–Crippen MR) is 108 cm³/mol. The van der Waals surface area contributed by atoms with Crippen molar-refractivity contribution in [2.45, 2.75) is 19.4 Å². The molecular weight excluding hydrogens is 417 g/mol. The standard InChI is InChI=1S/C20H17Cl2N3O4/c1-10(18(27)24-6-5-11-3-2-4-12(7-11)17(23)26)25-19(28)13-8-15(21)16(22)9-14(13)20(25)29/h2-4,7-10H,5-6H2,1H3,(H2,23,26)(H,24,27). The molecule has 0 bridgehead atoms. The van der Waals surface area contributed by atoms with E-state index < -0.39 is 29.7 Å². The number of halogens is 2. The van der Waals surface area contributed by atoms with Crippen LogP contribution in [-0.4, -0.2) is 41.1 Å². The molecule has 4 amide bonds. The first-order valence-electron chi connectivity index (χ1n) is 8.74. The fraction of sp³-hybridized carbons (Fsp3) is 0.200. The van der Waals surface area contributed by atoms with Crippen molar-refractivity contribution in [1.82, 2.24) is 10.2 Å². The van der Waals surface area contributed by atoms with E-state index in [4.69, 9.17) is 28.9 Å². The lowest BCUT2D eigenvalue weighted by atomic mass is 10.1. The molecule has 1 aliphatic heterocycles. The van der Waals surface area contributed by atoms with Crippen LogP contribution in [0.5, 0.6) is 0 Å². The highest BCUT2D eigenvalue weighted by Crippen LogP contribution is 2.32. The number of nitrogens with zero attached hydrogens (tertiary/aromatic N) is 1. The zero-order valence-electron chi connectivity index (χ0n) is 15.4. The van der Waals surface area contributed by atoms with Gasteiger partial charge in [0.15, 0.2) is 0 Å². The van der Waals surface area contributed by atoms with Crippen molar-refractivity contribution in [3.05, 3.63) is 68.7 Å². The third-order valence-corrected chi connectivity index (χ3v) is 5.37. The van der Waals surface area contributed by atoms with Gasteiger partial charge in [0.2, 0.25) is 11.8 Å². The van der Waals surface area contributed by atoms with Gasteiger partial charge in [-0.15, -0.1) is 0 Å². The van der Waals surface area contributed by atoms with Crippen LogP contribution in [0.4, 0.5) is 0 Å². The van der Waals surface area contributed by atoms with Gasteiger partial charge in [0.1, 0.15) is 6.04 Å². The van der Waals surface area contributed by atoms with Crippen LogP contribution in [0.15, 0.2) is 36.4 Å². The van der Waals surface area contributed by atoms with E-state index in [1.54, 1.807) is 24.3 Å². The van der Waals surface area contributed by atoms with Crippen LogP contribution in [0.2, 0.25) is 10.0 Å². The summed E-state index contributed by atoms with van der Waals surface area (Å²) in [6.07, 6.45) is 0.451. The van der Waals surface area contributed by atoms with Crippen LogP contribution in [0, 0.1) is 0 Å². The molecule has 0 saturated heterocycles. The lowest BCUT2D eigenvalue weighted by Gasteiger charge is -2.21. The molecule has 7 nitrogen and oxygen atoms in total. The van der Waals surface area contributed by atoms with Crippen LogP contribution < -0.4 is 11.1 Å². The van der Waals surface area contributed by atoms with Gasteiger partial charge in [0.05, 0.1) is 21.2 Å². The van der Waals surface area contributed by atoms with Gasteiger partial charge < -0.3 is 11.1 Å². The Bertz CT molecular complexity index is 997. The summed E-state index contributed by atoms with van der Waals surface area (Å²) in [6.45, 7) is 1.72. The van der Waals surface area contributed by atoms with Crippen LogP contribution in [-0.2, 0) is 11.2 Å². The second kappa shape index (κ2) is 8.23. The van der Waals surface area contributed by atoms with Crippen molar-refractivity contribution in [2.24, 2.45) is 5.73 Å². The number of fused-ring (bicyclic) bond motifs is 1. The molecule has 2 aromatic rings. The second-order valence-electron chi connectivity index (χ2n) is 6.57. The number of carbonyl (C=O) groups is 4. The van der Waals surface area contributed by atoms with Crippen LogP contribution >= 0.6 is 23.2 Å². The first-order chi connectivity index (χ1) is 13.7. The lowest BCUT2D eigenvalue weighted by Crippen LogP contribution is -2.48. The number of hydrogen-bond acceptors (Lipinski definition) is 4. The molecule has 1 unspecified atom stereocenters. The van der Waals surface area contributed by atoms with E-state index in [0.29, 0.717) is 12.0 Å². The molecule has 1 atom stereocenters. The normalized spacial score (nSPS) is 14.0. The SMILES string of the molecule is CC(C(=O)NCCc1cccc(C(N)=O)c1)N1C(=O)c2cc(Cl)c(Cl)cc2C1=O. The van der Waals surface area contributed by atoms with E-state index in [0.717, 1.165) is 10.5 Å². The van der Waals surface area contributed by atoms with Crippen molar-refractivity contribution >= 4 is 46.8 Å². The molecule has 3 N–H and O–H groups in total. The maximum atomic E-state index is 12.6. The zero-order valence-corrected chi connectivity index (χ0v) is 16.9. The summed E-state index contributed by atoms with van der Waals surface area (Å²) in [5, 5.41) is 3.01. The molecule has 0 aliphatic carbocycles. The van der Waals surface area contributed by atoms with Crippen LogP contribution in [0.25, 0.3) is 0 Å². The Kier molecular flexibility index (Phi) is 5.91. The summed E-state index contributed by atoms with van der Waals surface area (Å²) >= 11 is 11.9. The molecule has 9 heteroatoms. The Morgan fingerprint density at radius 3 is 2.21 bits per heavy atom. The highest BCUT2D eigenvalue weighted by Gasteiger charge is 2.41. The van der Waals surface area contributed by atoms with Gasteiger partial charge in [0.25, 0.3) is 11.8 Å². The molecule has 1 aliphatic rings. The minimum absolute atomic E-state index is 0.118. The third kappa shape index (κ3) is 4.11. The van der Waals surface area contributed by atoms with E-state index in [1.807, 2.05) is 0 Å². The highest BCUT2D eigenvalue weighted by atomic mass is 35.5. The Labute approximate surface area is 176 Å². The van der Waals surface area contributed by atoms with E-state index in [-0.39, 0.29) is 27.7 Å². The number of nitrogens with one attached hydrogen (secondary N) is 1. The fourth-order valence-electron chi connectivity index (χ4n) is 3.08. The monoisotopic (exact) mass is 433 g/mol. The van der Waals surface area contributed by atoms with E-state index in [9.17, 15) is 19.2 Å². The van der Waals surface area contributed by atoms with Crippen molar-refractivity contribution in [3.8, 4) is 0 Å². The molecule has 0 aromatic heterocycles. The number of rotatable bonds is 6. The molecule has 29 heavy (non-hydrogen) atoms. The van der Waals surface area contributed by atoms with E-state index >= 15 is 0 Å². The quantitative estimate of drug-likeness (QED) is 0.681. The predicted octanol–water partition coefficient (Wildman–Crippen LogP) is 2.44. The van der Waals surface area contributed by atoms with Crippen molar-refractivity contribution in [3.63, 3.8) is 0 Å². The molecule has 2 aromatic carbocycles. The highest BCUT2D eigenvalue weighted by molar-refractivity contribution is 6.43. The maximum absolute atomic E-state index is 12.6. The number of hydrogen-bond donors (Lipinski definition) is 2. The van der Waals surface area contributed by atoms with Crippen LogP contribution in [0.3, 0.4) is 0 Å². The Hall–Kier alpha value is -2.90. The molecule has 0 radical (unpaired) electrons. The summed E-state index contributed by atoms with van der Waals surface area (Å²) < 4.78 is 0. The molecule has 0 saturated carbocycles. The topological polar surface area (TPSA) is 110 Å². The van der Waals surface area contributed by atoms with Gasteiger partial charge in [-0.3, -0.25) is 24.1 Å². The first kappa shape index (κ1) is 20.8. The summed E-state index contributed by atoms with van der Waals surface area (Å²) in [5.41, 5.74) is 6.69. The number of primary amides is 1. The zero-order chi connectivity index (χ0) is 21.3. The van der Waals surface area contributed by atoms with Gasteiger partial charge in [-0.05, 0) is 43.2 Å². The number of nitrogens with two attached hydrogens (primary N) is 1. The average Bonchev–Trinajstić information content (AvgIpc) is 2.91. The smallest absolute Gasteiger partial charge is 0.262 e. The average molecular weight is 434 g/mol. The van der Waals surface area contributed by atoms with Crippen molar-refractivity contribution in [1.29, 1.82) is 0 Å². The lowest BCUT2D eigenvalue weighted by molar-refractivity contribution is -0.124. The minimum Gasteiger partial charge on any atom is -0.366 e. The Balaban J connectivity index is 1.65. The fourth-order valence-corrected chi connectivity index (χ4v) is 3.41. The summed E-state index contributed by atoms with van der Waals surface area (Å²) in [6, 6.07) is 8.40. The Morgan fingerprint density at radius 1 is 1.07 bits per heavy atom. The molecule has 1 heterocycles. The minimum atomic E-state index is -1.02. The van der Waals surface area contributed by atoms with Gasteiger partial charge in [-0.25, -0.2) is 0 Å². The molecule has 0 spiro atoms. The van der Waals surface area contributed by atoms with Crippen molar-refractivity contribution in [2.75, 3.05) is 6.54 Å². The first-order valence-corrected chi connectivity index (χ1v) is 9.49.